The number of para-hydroxylation sites is 1. The van der Waals surface area contributed by atoms with E-state index in [1.165, 1.54) is 32.2 Å². The second kappa shape index (κ2) is 7.79. The van der Waals surface area contributed by atoms with Crippen LogP contribution in [0.4, 0.5) is 22.0 Å². The van der Waals surface area contributed by atoms with Crippen molar-refractivity contribution in [3.05, 3.63) is 28.8 Å². The minimum Gasteiger partial charge on any atom is -0.495 e. The van der Waals surface area contributed by atoms with Crippen LogP contribution in [0.25, 0.3) is 0 Å². The molecule has 0 aliphatic rings. The molecule has 0 spiro atoms. The zero-order chi connectivity index (χ0) is 21.3. The number of ether oxygens (including phenoxy) is 1. The Balaban J connectivity index is 3.64. The van der Waals surface area contributed by atoms with E-state index in [2.05, 4.69) is 0 Å². The van der Waals surface area contributed by atoms with E-state index in [-0.39, 0.29) is 22.8 Å². The third-order valence-corrected chi connectivity index (χ3v) is 4.80. The monoisotopic (exact) mass is 418 g/mol. The van der Waals surface area contributed by atoms with Gasteiger partial charge >= 0.3 is 18.1 Å². The number of carboxylic acid groups (broad SMARTS) is 1. The normalized spacial score (nSPS) is 17.1. The van der Waals surface area contributed by atoms with Gasteiger partial charge in [-0.25, -0.2) is 4.79 Å². The van der Waals surface area contributed by atoms with Crippen LogP contribution < -0.4 is 4.74 Å². The Bertz CT molecular complexity index is 694. The van der Waals surface area contributed by atoms with E-state index in [9.17, 15) is 31.9 Å². The summed E-state index contributed by atoms with van der Waals surface area (Å²) in [4.78, 5) is 11.4. The van der Waals surface area contributed by atoms with Gasteiger partial charge in [-0.2, -0.15) is 22.0 Å². The minimum atomic E-state index is -6.26. The molecule has 4 nitrogen and oxygen atoms in total. The van der Waals surface area contributed by atoms with Crippen molar-refractivity contribution in [3.8, 4) is 5.75 Å². The molecule has 2 unspecified atom stereocenters. The second-order valence-corrected chi connectivity index (χ2v) is 6.95. The Labute approximate surface area is 157 Å². The average Bonchev–Trinajstić information content (AvgIpc) is 2.53. The molecular weight excluding hydrogens is 399 g/mol. The number of hydrogen-bond donors (Lipinski definition) is 2. The van der Waals surface area contributed by atoms with Crippen LogP contribution >= 0.6 is 11.6 Å². The standard InChI is InChI=1S/C17H20ClF5O4/c1-4-8-14(2,10-6-5-7-11(18)12(10)27-3)9-15(26,13(24)25)16(19,20)17(21,22)23/h5-7,26H,4,8-9H2,1-3H3,(H,24,25). The van der Waals surface area contributed by atoms with Crippen LogP contribution in [-0.2, 0) is 10.2 Å². The molecule has 2 N–H and O–H groups in total. The molecule has 0 heterocycles. The van der Waals surface area contributed by atoms with Crippen molar-refractivity contribution in [1.82, 2.24) is 0 Å². The number of carbonyl (C=O) groups is 1. The molecule has 1 aromatic carbocycles. The van der Waals surface area contributed by atoms with Crippen LogP contribution in [0.5, 0.6) is 5.75 Å². The largest absolute Gasteiger partial charge is 0.495 e. The van der Waals surface area contributed by atoms with Gasteiger partial charge in [-0.05, 0) is 17.9 Å². The summed E-state index contributed by atoms with van der Waals surface area (Å²) in [6, 6.07) is 4.23. The third kappa shape index (κ3) is 4.13. The summed E-state index contributed by atoms with van der Waals surface area (Å²) in [6.45, 7) is 2.92. The van der Waals surface area contributed by atoms with E-state index in [0.29, 0.717) is 6.42 Å². The first-order valence-corrected chi connectivity index (χ1v) is 8.29. The first kappa shape index (κ1) is 23.4. The second-order valence-electron chi connectivity index (χ2n) is 6.55. The Morgan fingerprint density at radius 3 is 2.19 bits per heavy atom. The third-order valence-electron chi connectivity index (χ3n) is 4.50. The summed E-state index contributed by atoms with van der Waals surface area (Å²) in [7, 11) is 1.23. The quantitative estimate of drug-likeness (QED) is 0.594. The first-order valence-electron chi connectivity index (χ1n) is 7.91. The molecule has 0 aromatic heterocycles. The first-order chi connectivity index (χ1) is 12.2. The van der Waals surface area contributed by atoms with Crippen molar-refractivity contribution in [2.24, 2.45) is 0 Å². The van der Waals surface area contributed by atoms with Gasteiger partial charge in [-0.1, -0.05) is 44.0 Å². The Hall–Kier alpha value is -1.61. The zero-order valence-corrected chi connectivity index (χ0v) is 15.6. The predicted octanol–water partition coefficient (Wildman–Crippen LogP) is 4.81. The fraction of sp³-hybridized carbons (Fsp3) is 0.588. The number of benzene rings is 1. The zero-order valence-electron chi connectivity index (χ0n) is 14.8. The van der Waals surface area contributed by atoms with Crippen LogP contribution in [0.2, 0.25) is 5.02 Å². The maximum Gasteiger partial charge on any atom is 0.457 e. The number of alkyl halides is 5. The van der Waals surface area contributed by atoms with Crippen molar-refractivity contribution in [2.45, 2.75) is 56.2 Å². The van der Waals surface area contributed by atoms with Crippen molar-refractivity contribution in [2.75, 3.05) is 7.11 Å². The van der Waals surface area contributed by atoms with Gasteiger partial charge in [0.1, 0.15) is 5.75 Å². The summed E-state index contributed by atoms with van der Waals surface area (Å²) in [5.41, 5.74) is -5.87. The highest BCUT2D eigenvalue weighted by Gasteiger charge is 2.74. The van der Waals surface area contributed by atoms with Crippen molar-refractivity contribution < 1.29 is 41.7 Å². The van der Waals surface area contributed by atoms with Crippen molar-refractivity contribution in [3.63, 3.8) is 0 Å². The van der Waals surface area contributed by atoms with Gasteiger partial charge in [0, 0.05) is 12.0 Å². The molecule has 154 valence electrons. The fourth-order valence-corrected chi connectivity index (χ4v) is 3.43. The lowest BCUT2D eigenvalue weighted by Crippen LogP contribution is -2.63. The van der Waals surface area contributed by atoms with Gasteiger partial charge in [0.15, 0.2) is 0 Å². The smallest absolute Gasteiger partial charge is 0.457 e. The maximum atomic E-state index is 14.0. The molecule has 10 heteroatoms. The molecule has 0 aliphatic carbocycles. The van der Waals surface area contributed by atoms with Crippen molar-refractivity contribution in [1.29, 1.82) is 0 Å². The SMILES string of the molecule is CCCC(C)(CC(O)(C(=O)O)C(F)(F)C(F)(F)F)c1cccc(Cl)c1OC. The van der Waals surface area contributed by atoms with Crippen LogP contribution in [0.15, 0.2) is 18.2 Å². The van der Waals surface area contributed by atoms with Gasteiger partial charge in [0.25, 0.3) is 0 Å². The molecule has 0 fully saturated rings. The number of methoxy groups -OCH3 is 1. The van der Waals surface area contributed by atoms with Crippen LogP contribution in [-0.4, -0.2) is 41.0 Å². The predicted molar refractivity (Wildman–Crippen MR) is 88.5 cm³/mol. The van der Waals surface area contributed by atoms with Gasteiger partial charge in [0.2, 0.25) is 5.60 Å². The van der Waals surface area contributed by atoms with E-state index in [4.69, 9.17) is 21.4 Å². The summed E-state index contributed by atoms with van der Waals surface area (Å²) < 4.78 is 71.6. The fourth-order valence-electron chi connectivity index (χ4n) is 3.18. The van der Waals surface area contributed by atoms with Gasteiger partial charge in [-0.3, -0.25) is 0 Å². The molecule has 1 rings (SSSR count). The lowest BCUT2D eigenvalue weighted by atomic mass is 9.69. The molecule has 1 aromatic rings. The molecular formula is C17H20ClF5O4. The highest BCUT2D eigenvalue weighted by atomic mass is 35.5. The van der Waals surface area contributed by atoms with Gasteiger partial charge in [0.05, 0.1) is 12.1 Å². The van der Waals surface area contributed by atoms with Gasteiger partial charge < -0.3 is 14.9 Å². The summed E-state index contributed by atoms with van der Waals surface area (Å²) >= 11 is 6.00. The number of aliphatic carboxylic acids is 1. The van der Waals surface area contributed by atoms with E-state index < -0.39 is 35.5 Å². The maximum absolute atomic E-state index is 14.0. The number of carboxylic acids is 1. The average molecular weight is 419 g/mol. The lowest BCUT2D eigenvalue weighted by Gasteiger charge is -2.41. The molecule has 0 bridgehead atoms. The van der Waals surface area contributed by atoms with E-state index >= 15 is 0 Å². The number of aliphatic hydroxyl groups is 1. The molecule has 0 aliphatic heterocycles. The topological polar surface area (TPSA) is 66.8 Å². The Morgan fingerprint density at radius 1 is 1.22 bits per heavy atom. The number of hydrogen-bond acceptors (Lipinski definition) is 3. The number of rotatable bonds is 8. The summed E-state index contributed by atoms with van der Waals surface area (Å²) in [5, 5.41) is 19.2. The van der Waals surface area contributed by atoms with Crippen LogP contribution in [0, 0.1) is 0 Å². The molecule has 0 radical (unpaired) electrons. The molecule has 0 amide bonds. The Kier molecular flexibility index (Phi) is 6.76. The van der Waals surface area contributed by atoms with Crippen LogP contribution in [0.3, 0.4) is 0 Å². The summed E-state index contributed by atoms with van der Waals surface area (Å²) in [5.74, 6) is -8.54. The van der Waals surface area contributed by atoms with E-state index in [1.54, 1.807) is 6.92 Å². The molecule has 0 saturated carbocycles. The van der Waals surface area contributed by atoms with Gasteiger partial charge in [-0.15, -0.1) is 0 Å². The molecule has 2 atom stereocenters. The molecule has 0 saturated heterocycles. The minimum absolute atomic E-state index is 0.00672. The highest BCUT2D eigenvalue weighted by molar-refractivity contribution is 6.32. The van der Waals surface area contributed by atoms with Crippen LogP contribution in [0.1, 0.15) is 38.7 Å². The molecule has 27 heavy (non-hydrogen) atoms. The summed E-state index contributed by atoms with van der Waals surface area (Å²) in [6.07, 6.45) is -7.37. The van der Waals surface area contributed by atoms with Crippen molar-refractivity contribution >= 4 is 17.6 Å². The van der Waals surface area contributed by atoms with E-state index in [0.717, 1.165) is 0 Å². The highest BCUT2D eigenvalue weighted by Crippen LogP contribution is 2.51. The lowest BCUT2D eigenvalue weighted by molar-refractivity contribution is -0.339. The Morgan fingerprint density at radius 2 is 1.78 bits per heavy atom. The van der Waals surface area contributed by atoms with E-state index in [1.807, 2.05) is 0 Å². The number of halogens is 6.